The van der Waals surface area contributed by atoms with Crippen LogP contribution in [0.1, 0.15) is 50.3 Å². The molecule has 1 N–H and O–H groups in total. The summed E-state index contributed by atoms with van der Waals surface area (Å²) in [5.41, 5.74) is 4.05. The van der Waals surface area contributed by atoms with Gasteiger partial charge in [-0.15, -0.1) is 0 Å². The first-order chi connectivity index (χ1) is 10.1. The van der Waals surface area contributed by atoms with Crippen molar-refractivity contribution in [2.45, 2.75) is 39.2 Å². The molecule has 2 aliphatic carbocycles. The van der Waals surface area contributed by atoms with Crippen molar-refractivity contribution in [2.24, 2.45) is 11.3 Å². The number of hydrogen-bond acceptors (Lipinski definition) is 1. The number of fused-ring (bicyclic) bond motifs is 5. The van der Waals surface area contributed by atoms with Crippen molar-refractivity contribution in [1.82, 2.24) is 0 Å². The SMILES string of the molecule is CC[C@H]1CC=C2c3ccc4ccccc4c3C(O)C[C@@]21C. The summed E-state index contributed by atoms with van der Waals surface area (Å²) in [5.74, 6) is 0.668. The molecule has 0 spiro atoms. The number of aliphatic hydroxyl groups is 1. The molecule has 0 amide bonds. The Morgan fingerprint density at radius 1 is 1.19 bits per heavy atom. The zero-order chi connectivity index (χ0) is 14.6. The maximum absolute atomic E-state index is 10.9. The minimum atomic E-state index is -0.347. The second-order valence-electron chi connectivity index (χ2n) is 6.84. The third-order valence-corrected chi connectivity index (χ3v) is 5.83. The van der Waals surface area contributed by atoms with Crippen molar-refractivity contribution in [3.05, 3.63) is 53.6 Å². The van der Waals surface area contributed by atoms with Crippen molar-refractivity contribution in [2.75, 3.05) is 0 Å². The minimum Gasteiger partial charge on any atom is -0.388 e. The van der Waals surface area contributed by atoms with Gasteiger partial charge >= 0.3 is 0 Å². The molecule has 0 fully saturated rings. The van der Waals surface area contributed by atoms with Crippen LogP contribution in [0.25, 0.3) is 16.3 Å². The summed E-state index contributed by atoms with van der Waals surface area (Å²) >= 11 is 0. The molecule has 2 aliphatic rings. The van der Waals surface area contributed by atoms with Crippen LogP contribution in [0.4, 0.5) is 0 Å². The monoisotopic (exact) mass is 278 g/mol. The van der Waals surface area contributed by atoms with Gasteiger partial charge in [0.15, 0.2) is 0 Å². The predicted octanol–water partition coefficient (Wildman–Crippen LogP) is 5.10. The lowest BCUT2D eigenvalue weighted by atomic mass is 9.63. The van der Waals surface area contributed by atoms with Gasteiger partial charge in [0, 0.05) is 0 Å². The van der Waals surface area contributed by atoms with Crippen molar-refractivity contribution in [1.29, 1.82) is 0 Å². The molecule has 4 rings (SSSR count). The van der Waals surface area contributed by atoms with E-state index in [9.17, 15) is 5.11 Å². The van der Waals surface area contributed by atoms with Crippen LogP contribution >= 0.6 is 0 Å². The molecule has 2 aromatic carbocycles. The molecule has 108 valence electrons. The highest BCUT2D eigenvalue weighted by atomic mass is 16.3. The fourth-order valence-corrected chi connectivity index (χ4v) is 4.68. The van der Waals surface area contributed by atoms with Gasteiger partial charge in [0.05, 0.1) is 6.10 Å². The second kappa shape index (κ2) is 4.45. The van der Waals surface area contributed by atoms with E-state index >= 15 is 0 Å². The van der Waals surface area contributed by atoms with Gasteiger partial charge < -0.3 is 5.11 Å². The lowest BCUT2D eigenvalue weighted by Gasteiger charge is -2.42. The van der Waals surface area contributed by atoms with Crippen molar-refractivity contribution in [3.63, 3.8) is 0 Å². The topological polar surface area (TPSA) is 20.2 Å². The molecule has 1 unspecified atom stereocenters. The zero-order valence-electron chi connectivity index (χ0n) is 12.8. The molecule has 1 heteroatoms. The average molecular weight is 278 g/mol. The quantitative estimate of drug-likeness (QED) is 0.769. The van der Waals surface area contributed by atoms with E-state index in [2.05, 4.69) is 56.3 Å². The summed E-state index contributed by atoms with van der Waals surface area (Å²) in [4.78, 5) is 0. The number of allylic oxidation sites excluding steroid dienone is 2. The van der Waals surface area contributed by atoms with Crippen LogP contribution in [0.15, 0.2) is 42.5 Å². The Kier molecular flexibility index (Phi) is 2.77. The summed E-state index contributed by atoms with van der Waals surface area (Å²) in [6.07, 6.45) is 5.28. The third kappa shape index (κ3) is 1.67. The van der Waals surface area contributed by atoms with Gasteiger partial charge in [-0.2, -0.15) is 0 Å². The lowest BCUT2D eigenvalue weighted by Crippen LogP contribution is -2.31. The van der Waals surface area contributed by atoms with Gasteiger partial charge in [-0.3, -0.25) is 0 Å². The Morgan fingerprint density at radius 2 is 2.00 bits per heavy atom. The van der Waals surface area contributed by atoms with E-state index in [1.54, 1.807) is 0 Å². The molecule has 3 atom stereocenters. The second-order valence-corrected chi connectivity index (χ2v) is 6.84. The minimum absolute atomic E-state index is 0.142. The van der Waals surface area contributed by atoms with Crippen LogP contribution in [0.2, 0.25) is 0 Å². The van der Waals surface area contributed by atoms with Crippen LogP contribution in [0.3, 0.4) is 0 Å². The Labute approximate surface area is 126 Å². The third-order valence-electron chi connectivity index (χ3n) is 5.83. The first-order valence-corrected chi connectivity index (χ1v) is 8.06. The van der Waals surface area contributed by atoms with Crippen molar-refractivity contribution >= 4 is 16.3 Å². The molecule has 0 heterocycles. The highest BCUT2D eigenvalue weighted by molar-refractivity contribution is 5.93. The van der Waals surface area contributed by atoms with Crippen molar-refractivity contribution in [3.8, 4) is 0 Å². The highest BCUT2D eigenvalue weighted by Crippen LogP contribution is 2.59. The van der Waals surface area contributed by atoms with Gasteiger partial charge in [-0.1, -0.05) is 62.7 Å². The number of benzene rings is 2. The van der Waals surface area contributed by atoms with Gasteiger partial charge in [0.2, 0.25) is 0 Å². The summed E-state index contributed by atoms with van der Waals surface area (Å²) in [6, 6.07) is 12.8. The van der Waals surface area contributed by atoms with E-state index in [0.717, 1.165) is 18.4 Å². The summed E-state index contributed by atoms with van der Waals surface area (Å²) < 4.78 is 0. The van der Waals surface area contributed by atoms with Gasteiger partial charge in [-0.05, 0) is 51.6 Å². The molecule has 0 saturated heterocycles. The maximum atomic E-state index is 10.9. The molecule has 0 aromatic heterocycles. The van der Waals surface area contributed by atoms with Crippen LogP contribution in [-0.2, 0) is 0 Å². The molecule has 21 heavy (non-hydrogen) atoms. The first-order valence-electron chi connectivity index (χ1n) is 8.06. The van der Waals surface area contributed by atoms with Crippen LogP contribution < -0.4 is 0 Å². The normalized spacial score (nSPS) is 30.9. The number of rotatable bonds is 1. The Bertz CT molecular complexity index is 743. The van der Waals surface area contributed by atoms with Gasteiger partial charge in [-0.25, -0.2) is 0 Å². The van der Waals surface area contributed by atoms with Gasteiger partial charge in [0.1, 0.15) is 0 Å². The van der Waals surface area contributed by atoms with Crippen molar-refractivity contribution < 1.29 is 5.11 Å². The fourth-order valence-electron chi connectivity index (χ4n) is 4.68. The van der Waals surface area contributed by atoms with Crippen LogP contribution in [-0.4, -0.2) is 5.11 Å². The molecular formula is C20H22O. The Morgan fingerprint density at radius 3 is 2.81 bits per heavy atom. The molecule has 1 nitrogen and oxygen atoms in total. The molecule has 2 aromatic rings. The number of hydrogen-bond donors (Lipinski definition) is 1. The summed E-state index contributed by atoms with van der Waals surface area (Å²) in [5, 5.41) is 13.3. The predicted molar refractivity (Wildman–Crippen MR) is 88.0 cm³/mol. The van der Waals surface area contributed by atoms with E-state index in [4.69, 9.17) is 0 Å². The summed E-state index contributed by atoms with van der Waals surface area (Å²) in [7, 11) is 0. The maximum Gasteiger partial charge on any atom is 0.0810 e. The summed E-state index contributed by atoms with van der Waals surface area (Å²) in [6.45, 7) is 4.62. The van der Waals surface area contributed by atoms with E-state index in [-0.39, 0.29) is 11.5 Å². The van der Waals surface area contributed by atoms with E-state index in [0.29, 0.717) is 5.92 Å². The Balaban J connectivity index is 1.98. The van der Waals surface area contributed by atoms with Crippen LogP contribution in [0, 0.1) is 11.3 Å². The highest BCUT2D eigenvalue weighted by Gasteiger charge is 2.46. The Hall–Kier alpha value is -1.60. The van der Waals surface area contributed by atoms with E-state index in [1.165, 1.54) is 28.3 Å². The lowest BCUT2D eigenvalue weighted by molar-refractivity contribution is 0.0993. The molecule has 0 radical (unpaired) electrons. The largest absolute Gasteiger partial charge is 0.388 e. The average Bonchev–Trinajstić information content (AvgIpc) is 2.82. The van der Waals surface area contributed by atoms with E-state index in [1.807, 2.05) is 0 Å². The zero-order valence-corrected chi connectivity index (χ0v) is 12.8. The smallest absolute Gasteiger partial charge is 0.0810 e. The fraction of sp³-hybridized carbons (Fsp3) is 0.400. The first kappa shape index (κ1) is 13.1. The standard InChI is InChI=1S/C20H22O/c1-3-14-9-11-17-16-10-8-13-6-4-5-7-15(13)19(16)18(21)12-20(14,17)2/h4-8,10-11,14,18,21H,3,9,12H2,1-2H3/t14-,18?,20+/m0/s1. The molecule has 0 bridgehead atoms. The molecular weight excluding hydrogens is 256 g/mol. The van der Waals surface area contributed by atoms with Crippen LogP contribution in [0.5, 0.6) is 0 Å². The molecule has 0 aliphatic heterocycles. The van der Waals surface area contributed by atoms with Gasteiger partial charge in [0.25, 0.3) is 0 Å². The molecule has 0 saturated carbocycles. The number of aliphatic hydroxyl groups excluding tert-OH is 1. The van der Waals surface area contributed by atoms with E-state index < -0.39 is 0 Å².